The van der Waals surface area contributed by atoms with Gasteiger partial charge < -0.3 is 5.73 Å². The molecule has 0 bridgehead atoms. The summed E-state index contributed by atoms with van der Waals surface area (Å²) in [4.78, 5) is 2.53. The smallest absolute Gasteiger partial charge is 0.145 e. The van der Waals surface area contributed by atoms with Gasteiger partial charge in [-0.15, -0.1) is 0 Å². The molecule has 2 N–H and O–H groups in total. The summed E-state index contributed by atoms with van der Waals surface area (Å²) in [7, 11) is 0. The molecule has 2 heterocycles. The minimum absolute atomic E-state index is 0.640. The van der Waals surface area contributed by atoms with Crippen LogP contribution in [0.1, 0.15) is 38.8 Å². The summed E-state index contributed by atoms with van der Waals surface area (Å²) in [5, 5.41) is 4.29. The highest BCUT2D eigenvalue weighted by Crippen LogP contribution is 2.19. The van der Waals surface area contributed by atoms with Crippen LogP contribution in [0.3, 0.4) is 0 Å². The molecule has 2 rings (SSSR count). The molecule has 1 aliphatic heterocycles. The number of likely N-dealkylation sites (tertiary alicyclic amines) is 1. The van der Waals surface area contributed by atoms with Crippen molar-refractivity contribution in [2.24, 2.45) is 0 Å². The van der Waals surface area contributed by atoms with Crippen molar-refractivity contribution in [2.45, 2.75) is 52.2 Å². The van der Waals surface area contributed by atoms with Crippen molar-refractivity contribution < 1.29 is 0 Å². The molecule has 1 aliphatic rings. The molecule has 0 spiro atoms. The van der Waals surface area contributed by atoms with Crippen molar-refractivity contribution in [3.63, 3.8) is 0 Å². The molecule has 1 aromatic rings. The van der Waals surface area contributed by atoms with E-state index in [9.17, 15) is 0 Å². The number of hydrogen-bond donors (Lipinski definition) is 1. The van der Waals surface area contributed by atoms with E-state index < -0.39 is 0 Å². The summed E-state index contributed by atoms with van der Waals surface area (Å²) < 4.78 is 2.01. The zero-order chi connectivity index (χ0) is 11.5. The Labute approximate surface area is 97.4 Å². The van der Waals surface area contributed by atoms with Gasteiger partial charge in [0.25, 0.3) is 0 Å². The van der Waals surface area contributed by atoms with Gasteiger partial charge in [0, 0.05) is 25.2 Å². The van der Waals surface area contributed by atoms with Gasteiger partial charge in [-0.25, -0.2) is 0 Å². The summed E-state index contributed by atoms with van der Waals surface area (Å²) in [6.07, 6.45) is 4.00. The van der Waals surface area contributed by atoms with E-state index in [1.165, 1.54) is 31.5 Å². The van der Waals surface area contributed by atoms with E-state index in [4.69, 9.17) is 5.73 Å². The van der Waals surface area contributed by atoms with E-state index in [1.54, 1.807) is 0 Å². The Bertz CT molecular complexity index is 345. The number of nitrogen functional groups attached to an aromatic ring is 1. The average Bonchev–Trinajstić information content (AvgIpc) is 2.62. The normalized spacial score (nSPS) is 22.5. The number of aromatic nitrogens is 2. The minimum atomic E-state index is 0.640. The lowest BCUT2D eigenvalue weighted by Crippen LogP contribution is -2.37. The summed E-state index contributed by atoms with van der Waals surface area (Å²) in [6, 6.07) is 2.69. The second-order valence-electron chi connectivity index (χ2n) is 4.69. The van der Waals surface area contributed by atoms with E-state index in [0.717, 1.165) is 13.1 Å². The highest BCUT2D eigenvalue weighted by molar-refractivity contribution is 5.29. The van der Waals surface area contributed by atoms with Crippen LogP contribution in [0.4, 0.5) is 5.82 Å². The Morgan fingerprint density at radius 1 is 1.50 bits per heavy atom. The fourth-order valence-electron chi connectivity index (χ4n) is 2.48. The lowest BCUT2D eigenvalue weighted by Gasteiger charge is -2.33. The molecule has 1 aromatic heterocycles. The van der Waals surface area contributed by atoms with Gasteiger partial charge >= 0.3 is 0 Å². The zero-order valence-corrected chi connectivity index (χ0v) is 10.3. The Morgan fingerprint density at radius 2 is 2.31 bits per heavy atom. The van der Waals surface area contributed by atoms with Crippen molar-refractivity contribution in [3.05, 3.63) is 11.8 Å². The number of rotatable bonds is 3. The number of aryl methyl sites for hydroxylation is 1. The lowest BCUT2D eigenvalue weighted by molar-refractivity contribution is 0.148. The third-order valence-corrected chi connectivity index (χ3v) is 3.49. The van der Waals surface area contributed by atoms with Crippen LogP contribution < -0.4 is 5.73 Å². The fourth-order valence-corrected chi connectivity index (χ4v) is 2.48. The molecule has 90 valence electrons. The second-order valence-corrected chi connectivity index (χ2v) is 4.69. The third-order valence-electron chi connectivity index (χ3n) is 3.49. The molecule has 4 nitrogen and oxygen atoms in total. The maximum absolute atomic E-state index is 5.74. The Kier molecular flexibility index (Phi) is 3.49. The van der Waals surface area contributed by atoms with Crippen LogP contribution in [0.25, 0.3) is 0 Å². The first-order valence-electron chi connectivity index (χ1n) is 6.27. The van der Waals surface area contributed by atoms with Gasteiger partial charge in [0.15, 0.2) is 0 Å². The molecule has 1 saturated heterocycles. The van der Waals surface area contributed by atoms with Crippen molar-refractivity contribution in [1.82, 2.24) is 14.7 Å². The predicted molar refractivity (Wildman–Crippen MR) is 66.0 cm³/mol. The molecule has 4 heteroatoms. The molecule has 0 aromatic carbocycles. The quantitative estimate of drug-likeness (QED) is 0.849. The molecule has 0 unspecified atom stereocenters. The van der Waals surface area contributed by atoms with E-state index in [-0.39, 0.29) is 0 Å². The van der Waals surface area contributed by atoms with Crippen LogP contribution in [0, 0.1) is 0 Å². The number of anilines is 1. The van der Waals surface area contributed by atoms with Gasteiger partial charge in [0.2, 0.25) is 0 Å². The molecule has 1 fully saturated rings. The molecule has 16 heavy (non-hydrogen) atoms. The predicted octanol–water partition coefficient (Wildman–Crippen LogP) is 1.86. The number of hydrogen-bond acceptors (Lipinski definition) is 3. The average molecular weight is 222 g/mol. The largest absolute Gasteiger partial charge is 0.382 e. The Hall–Kier alpha value is -1.03. The SMILES string of the molecule is CCn1nc(N)cc1CN1CCCC[C@@H]1C. The van der Waals surface area contributed by atoms with Crippen LogP contribution in [-0.2, 0) is 13.1 Å². The van der Waals surface area contributed by atoms with Gasteiger partial charge in [-0.2, -0.15) is 5.10 Å². The number of nitrogens with zero attached hydrogens (tertiary/aromatic N) is 3. The Balaban J connectivity index is 2.06. The molecule has 0 saturated carbocycles. The molecule has 0 radical (unpaired) electrons. The highest BCUT2D eigenvalue weighted by Gasteiger charge is 2.19. The molecule has 0 amide bonds. The van der Waals surface area contributed by atoms with Crippen LogP contribution >= 0.6 is 0 Å². The molecule has 1 atom stereocenters. The standard InChI is InChI=1S/C12H22N4/c1-3-16-11(8-12(13)14-16)9-15-7-5-4-6-10(15)2/h8,10H,3-7,9H2,1-2H3,(H2,13,14)/t10-/m0/s1. The van der Waals surface area contributed by atoms with Crippen LogP contribution in [0.15, 0.2) is 6.07 Å². The minimum Gasteiger partial charge on any atom is -0.382 e. The maximum Gasteiger partial charge on any atom is 0.145 e. The highest BCUT2D eigenvalue weighted by atomic mass is 15.3. The monoisotopic (exact) mass is 222 g/mol. The van der Waals surface area contributed by atoms with Crippen molar-refractivity contribution in [2.75, 3.05) is 12.3 Å². The van der Waals surface area contributed by atoms with Crippen LogP contribution in [-0.4, -0.2) is 27.3 Å². The first kappa shape index (κ1) is 11.5. The number of nitrogens with two attached hydrogens (primary N) is 1. The molecule has 0 aliphatic carbocycles. The summed E-state index contributed by atoms with van der Waals surface area (Å²) in [5.41, 5.74) is 6.99. The van der Waals surface area contributed by atoms with Gasteiger partial charge in [0.1, 0.15) is 5.82 Å². The summed E-state index contributed by atoms with van der Waals surface area (Å²) in [6.45, 7) is 7.51. The van der Waals surface area contributed by atoms with E-state index in [0.29, 0.717) is 11.9 Å². The topological polar surface area (TPSA) is 47.1 Å². The zero-order valence-electron chi connectivity index (χ0n) is 10.3. The van der Waals surface area contributed by atoms with Crippen molar-refractivity contribution in [3.8, 4) is 0 Å². The first-order chi connectivity index (χ1) is 7.70. The van der Waals surface area contributed by atoms with Crippen molar-refractivity contribution >= 4 is 5.82 Å². The van der Waals surface area contributed by atoms with Crippen molar-refractivity contribution in [1.29, 1.82) is 0 Å². The van der Waals surface area contributed by atoms with Gasteiger partial charge in [-0.3, -0.25) is 9.58 Å². The third kappa shape index (κ3) is 2.38. The van der Waals surface area contributed by atoms with E-state index in [2.05, 4.69) is 23.8 Å². The van der Waals surface area contributed by atoms with Gasteiger partial charge in [-0.1, -0.05) is 6.42 Å². The summed E-state index contributed by atoms with van der Waals surface area (Å²) >= 11 is 0. The van der Waals surface area contributed by atoms with Gasteiger partial charge in [-0.05, 0) is 33.2 Å². The summed E-state index contributed by atoms with van der Waals surface area (Å²) in [5.74, 6) is 0.640. The van der Waals surface area contributed by atoms with Crippen LogP contribution in [0.5, 0.6) is 0 Å². The van der Waals surface area contributed by atoms with E-state index in [1.807, 2.05) is 10.7 Å². The Morgan fingerprint density at radius 3 is 3.00 bits per heavy atom. The maximum atomic E-state index is 5.74. The molecular weight excluding hydrogens is 200 g/mol. The second kappa shape index (κ2) is 4.87. The van der Waals surface area contributed by atoms with Gasteiger partial charge in [0.05, 0.1) is 5.69 Å². The molecular formula is C12H22N4. The van der Waals surface area contributed by atoms with Crippen LogP contribution in [0.2, 0.25) is 0 Å². The van der Waals surface area contributed by atoms with E-state index >= 15 is 0 Å². The fraction of sp³-hybridized carbons (Fsp3) is 0.750. The first-order valence-corrected chi connectivity index (χ1v) is 6.27. The lowest BCUT2D eigenvalue weighted by atomic mass is 10.0. The number of piperidine rings is 1.